The van der Waals surface area contributed by atoms with E-state index in [1.54, 1.807) is 46.8 Å². The molecule has 0 aliphatic heterocycles. The van der Waals surface area contributed by atoms with Crippen molar-refractivity contribution in [3.8, 4) is 5.75 Å². The van der Waals surface area contributed by atoms with Crippen molar-refractivity contribution in [1.29, 1.82) is 0 Å². The summed E-state index contributed by atoms with van der Waals surface area (Å²) in [6.07, 6.45) is 1.03. The van der Waals surface area contributed by atoms with Gasteiger partial charge >= 0.3 is 6.09 Å². The lowest BCUT2D eigenvalue weighted by atomic mass is 9.94. The topological polar surface area (TPSA) is 117 Å². The smallest absolute Gasteiger partial charge is 0.408 e. The zero-order valence-corrected chi connectivity index (χ0v) is 23.0. The molecule has 0 saturated heterocycles. The Morgan fingerprint density at radius 2 is 1.57 bits per heavy atom. The number of alkyl carbamates (subject to hydrolysis) is 1. The Balaban J connectivity index is 2.09. The highest BCUT2D eigenvalue weighted by Crippen LogP contribution is 2.22. The summed E-state index contributed by atoms with van der Waals surface area (Å²) in [6.45, 7) is 12.6. The number of phenols is 1. The van der Waals surface area contributed by atoms with Crippen molar-refractivity contribution in [2.45, 2.75) is 84.9 Å². The van der Waals surface area contributed by atoms with Crippen molar-refractivity contribution in [3.63, 3.8) is 0 Å². The van der Waals surface area contributed by atoms with E-state index in [1.165, 1.54) is 5.56 Å². The van der Waals surface area contributed by atoms with Gasteiger partial charge in [0.2, 0.25) is 11.8 Å². The molecule has 2 aromatic rings. The predicted octanol–water partition coefficient (Wildman–Crippen LogP) is 4.09. The first-order valence-electron chi connectivity index (χ1n) is 12.6. The van der Waals surface area contributed by atoms with Crippen molar-refractivity contribution < 1.29 is 24.2 Å². The maximum atomic E-state index is 13.4. The fourth-order valence-corrected chi connectivity index (χ4v) is 3.97. The van der Waals surface area contributed by atoms with Gasteiger partial charge in [-0.1, -0.05) is 30.3 Å². The second kappa shape index (κ2) is 12.6. The van der Waals surface area contributed by atoms with E-state index >= 15 is 0 Å². The van der Waals surface area contributed by atoms with E-state index in [4.69, 9.17) is 4.74 Å². The third-order valence-corrected chi connectivity index (χ3v) is 5.87. The molecule has 0 spiro atoms. The molecule has 0 aliphatic rings. The fraction of sp³-hybridized carbons (Fsp3) is 0.483. The molecule has 0 heterocycles. The molecule has 2 aromatic carbocycles. The first-order chi connectivity index (χ1) is 17.2. The van der Waals surface area contributed by atoms with Crippen molar-refractivity contribution in [1.82, 2.24) is 16.0 Å². The van der Waals surface area contributed by atoms with Gasteiger partial charge in [-0.2, -0.15) is 0 Å². The van der Waals surface area contributed by atoms with Crippen LogP contribution < -0.4 is 16.0 Å². The number of amides is 3. The Labute approximate surface area is 220 Å². The summed E-state index contributed by atoms with van der Waals surface area (Å²) in [6, 6.07) is 12.2. The summed E-state index contributed by atoms with van der Waals surface area (Å²) in [5, 5.41) is 18.2. The van der Waals surface area contributed by atoms with Crippen LogP contribution in [0.15, 0.2) is 42.5 Å². The summed E-state index contributed by atoms with van der Waals surface area (Å²) >= 11 is 0. The number of nitrogens with one attached hydrogen (secondary N) is 3. The molecule has 8 nitrogen and oxygen atoms in total. The molecule has 3 amide bonds. The van der Waals surface area contributed by atoms with E-state index in [0.717, 1.165) is 29.5 Å². The Morgan fingerprint density at radius 1 is 0.973 bits per heavy atom. The number of aromatic hydroxyl groups is 1. The number of rotatable bonds is 10. The Morgan fingerprint density at radius 3 is 2.14 bits per heavy atom. The zero-order valence-electron chi connectivity index (χ0n) is 23.0. The molecule has 0 fully saturated rings. The maximum Gasteiger partial charge on any atom is 0.408 e. The minimum absolute atomic E-state index is 0.130. The molecule has 4 N–H and O–H groups in total. The summed E-state index contributed by atoms with van der Waals surface area (Å²) in [5.74, 6) is -0.700. The first kappa shape index (κ1) is 29.7. The van der Waals surface area contributed by atoms with E-state index in [0.29, 0.717) is 6.54 Å². The number of ether oxygens (including phenoxy) is 1. The summed E-state index contributed by atoms with van der Waals surface area (Å²) in [5.41, 5.74) is 1.64. The average Bonchev–Trinajstić information content (AvgIpc) is 2.77. The van der Waals surface area contributed by atoms with Crippen LogP contribution in [0.5, 0.6) is 5.75 Å². The SMILES string of the molecule is Cc1cc(O)cc(C)c1C[C@@H](NC(=O)OC(C)(C)C)C(=O)NC(C)(C)C(=O)NCCCc1ccccc1. The van der Waals surface area contributed by atoms with Gasteiger partial charge in [-0.25, -0.2) is 4.79 Å². The number of carbonyl (C=O) groups is 3. The summed E-state index contributed by atoms with van der Waals surface area (Å²) < 4.78 is 5.37. The Hall–Kier alpha value is -3.55. The molecule has 1 atom stereocenters. The van der Waals surface area contributed by atoms with Crippen LogP contribution in [0.4, 0.5) is 4.79 Å². The van der Waals surface area contributed by atoms with Crippen LogP contribution in [-0.4, -0.2) is 46.7 Å². The molecular formula is C29H41N3O5. The number of carbonyl (C=O) groups excluding carboxylic acids is 3. The molecular weight excluding hydrogens is 470 g/mol. The number of aryl methyl sites for hydroxylation is 3. The van der Waals surface area contributed by atoms with Crippen molar-refractivity contribution >= 4 is 17.9 Å². The summed E-state index contributed by atoms with van der Waals surface area (Å²) in [4.78, 5) is 38.8. The van der Waals surface area contributed by atoms with Crippen LogP contribution in [0, 0.1) is 13.8 Å². The third-order valence-electron chi connectivity index (χ3n) is 5.87. The number of hydrogen-bond acceptors (Lipinski definition) is 5. The van der Waals surface area contributed by atoms with Gasteiger partial charge in [0.05, 0.1) is 0 Å². The molecule has 0 radical (unpaired) electrons. The lowest BCUT2D eigenvalue weighted by molar-refractivity contribution is -0.133. The average molecular weight is 512 g/mol. The van der Waals surface area contributed by atoms with Crippen molar-refractivity contribution in [2.24, 2.45) is 0 Å². The molecule has 0 aliphatic carbocycles. The molecule has 2 rings (SSSR count). The van der Waals surface area contributed by atoms with Crippen LogP contribution in [-0.2, 0) is 27.2 Å². The van der Waals surface area contributed by atoms with E-state index in [-0.39, 0.29) is 18.1 Å². The quantitative estimate of drug-likeness (QED) is 0.359. The van der Waals surface area contributed by atoms with Gasteiger partial charge < -0.3 is 25.8 Å². The van der Waals surface area contributed by atoms with Gasteiger partial charge in [0, 0.05) is 13.0 Å². The monoisotopic (exact) mass is 511 g/mol. The normalized spacial score (nSPS) is 12.4. The predicted molar refractivity (Wildman–Crippen MR) is 144 cm³/mol. The van der Waals surface area contributed by atoms with E-state index in [1.807, 2.05) is 44.2 Å². The lowest BCUT2D eigenvalue weighted by Crippen LogP contribution is -2.60. The van der Waals surface area contributed by atoms with Crippen molar-refractivity contribution in [3.05, 3.63) is 64.7 Å². The Kier molecular flexibility index (Phi) is 10.1. The second-order valence-corrected chi connectivity index (χ2v) is 10.9. The first-order valence-corrected chi connectivity index (χ1v) is 12.6. The maximum absolute atomic E-state index is 13.4. The van der Waals surface area contributed by atoms with Gasteiger partial charge in [-0.15, -0.1) is 0 Å². The molecule has 0 saturated carbocycles. The number of benzene rings is 2. The second-order valence-electron chi connectivity index (χ2n) is 10.9. The highest BCUT2D eigenvalue weighted by molar-refractivity contribution is 5.93. The Bertz CT molecular complexity index is 1070. The van der Waals surface area contributed by atoms with E-state index in [9.17, 15) is 19.5 Å². The molecule has 0 unspecified atom stereocenters. The van der Waals surface area contributed by atoms with Crippen LogP contribution in [0.2, 0.25) is 0 Å². The van der Waals surface area contributed by atoms with Crippen LogP contribution in [0.25, 0.3) is 0 Å². The molecule has 0 aromatic heterocycles. The molecule has 37 heavy (non-hydrogen) atoms. The van der Waals surface area contributed by atoms with Crippen LogP contribution in [0.3, 0.4) is 0 Å². The van der Waals surface area contributed by atoms with E-state index < -0.39 is 29.2 Å². The minimum atomic E-state index is -1.21. The van der Waals surface area contributed by atoms with Crippen LogP contribution in [0.1, 0.15) is 63.3 Å². The van der Waals surface area contributed by atoms with Gasteiger partial charge in [-0.05, 0) is 95.7 Å². The van der Waals surface area contributed by atoms with Gasteiger partial charge in [0.1, 0.15) is 22.9 Å². The zero-order chi connectivity index (χ0) is 27.8. The van der Waals surface area contributed by atoms with E-state index in [2.05, 4.69) is 16.0 Å². The highest BCUT2D eigenvalue weighted by atomic mass is 16.6. The van der Waals surface area contributed by atoms with Gasteiger partial charge in [0.25, 0.3) is 0 Å². The van der Waals surface area contributed by atoms with Gasteiger partial charge in [0.15, 0.2) is 0 Å². The van der Waals surface area contributed by atoms with Crippen molar-refractivity contribution in [2.75, 3.05) is 6.54 Å². The van der Waals surface area contributed by atoms with Crippen LogP contribution >= 0.6 is 0 Å². The third kappa shape index (κ3) is 9.79. The number of phenolic OH excluding ortho intramolecular Hbond substituents is 1. The summed E-state index contributed by atoms with van der Waals surface area (Å²) in [7, 11) is 0. The molecule has 202 valence electrons. The highest BCUT2D eigenvalue weighted by Gasteiger charge is 2.33. The molecule has 0 bridgehead atoms. The fourth-order valence-electron chi connectivity index (χ4n) is 3.97. The largest absolute Gasteiger partial charge is 0.508 e. The lowest BCUT2D eigenvalue weighted by Gasteiger charge is -2.29. The molecule has 8 heteroatoms. The van der Waals surface area contributed by atoms with Gasteiger partial charge in [-0.3, -0.25) is 9.59 Å². The number of hydrogen-bond donors (Lipinski definition) is 4. The minimum Gasteiger partial charge on any atom is -0.508 e. The standard InChI is InChI=1S/C29H41N3O5/c1-19-16-22(33)17-20(2)23(19)18-24(31-27(36)37-28(3,4)5)25(34)32-29(6,7)26(35)30-15-11-14-21-12-9-8-10-13-21/h8-10,12-13,16-17,24,33H,11,14-15,18H2,1-7H3,(H,30,35)(H,31,36)(H,32,34)/t24-/m1/s1.